The molecule has 0 aromatic carbocycles. The largest absolute Gasteiger partial charge is 0.341 e. The Morgan fingerprint density at radius 3 is 2.62 bits per heavy atom. The van der Waals surface area contributed by atoms with E-state index in [1.165, 1.54) is 25.6 Å². The highest BCUT2D eigenvalue weighted by molar-refractivity contribution is 6.28. The molecule has 0 bridgehead atoms. The standard InChI is InChI=1S/C8H11ClN4/c9-7-10-6-11-8(12-7)13-4-2-1-3-5-13/h6H,1-5H2. The van der Waals surface area contributed by atoms with E-state index in [0.717, 1.165) is 13.1 Å². The zero-order valence-corrected chi connectivity index (χ0v) is 8.04. The summed E-state index contributed by atoms with van der Waals surface area (Å²) in [6.07, 6.45) is 5.18. The Morgan fingerprint density at radius 1 is 1.15 bits per heavy atom. The summed E-state index contributed by atoms with van der Waals surface area (Å²) in [7, 11) is 0. The molecule has 1 aliphatic heterocycles. The molecule has 1 fully saturated rings. The molecule has 1 aliphatic rings. The number of aromatic nitrogens is 3. The van der Waals surface area contributed by atoms with Crippen molar-refractivity contribution in [1.29, 1.82) is 0 Å². The molecule has 1 aromatic rings. The van der Waals surface area contributed by atoms with Crippen molar-refractivity contribution < 1.29 is 0 Å². The van der Waals surface area contributed by atoms with Crippen molar-refractivity contribution in [2.24, 2.45) is 0 Å². The van der Waals surface area contributed by atoms with Gasteiger partial charge in [0.2, 0.25) is 11.2 Å². The Labute approximate surface area is 82.0 Å². The van der Waals surface area contributed by atoms with Crippen molar-refractivity contribution in [3.8, 4) is 0 Å². The first-order valence-electron chi connectivity index (χ1n) is 4.46. The van der Waals surface area contributed by atoms with Gasteiger partial charge in [0.1, 0.15) is 6.33 Å². The number of hydrogen-bond acceptors (Lipinski definition) is 4. The van der Waals surface area contributed by atoms with E-state index in [4.69, 9.17) is 11.6 Å². The Balaban J connectivity index is 2.14. The fraction of sp³-hybridized carbons (Fsp3) is 0.625. The van der Waals surface area contributed by atoms with Crippen molar-refractivity contribution in [1.82, 2.24) is 15.0 Å². The Kier molecular flexibility index (Phi) is 2.59. The first kappa shape index (κ1) is 8.69. The lowest BCUT2D eigenvalue weighted by Gasteiger charge is -2.26. The Hall–Kier alpha value is -0.900. The lowest BCUT2D eigenvalue weighted by molar-refractivity contribution is 0.567. The van der Waals surface area contributed by atoms with Crippen LogP contribution in [0.3, 0.4) is 0 Å². The lowest BCUT2D eigenvalue weighted by atomic mass is 10.1. The third-order valence-electron chi connectivity index (χ3n) is 2.17. The highest BCUT2D eigenvalue weighted by atomic mass is 35.5. The number of halogens is 1. The number of piperidine rings is 1. The lowest BCUT2D eigenvalue weighted by Crippen LogP contribution is -2.31. The molecule has 70 valence electrons. The molecule has 0 unspecified atom stereocenters. The first-order chi connectivity index (χ1) is 6.36. The average Bonchev–Trinajstić information content (AvgIpc) is 2.19. The smallest absolute Gasteiger partial charge is 0.229 e. The van der Waals surface area contributed by atoms with Crippen LogP contribution in [0, 0.1) is 0 Å². The van der Waals surface area contributed by atoms with Gasteiger partial charge in [-0.15, -0.1) is 0 Å². The van der Waals surface area contributed by atoms with Crippen molar-refractivity contribution >= 4 is 17.5 Å². The molecular weight excluding hydrogens is 188 g/mol. The summed E-state index contributed by atoms with van der Waals surface area (Å²) in [6, 6.07) is 0. The van der Waals surface area contributed by atoms with Crippen molar-refractivity contribution in [3.05, 3.63) is 11.6 Å². The molecule has 1 aromatic heterocycles. The zero-order valence-electron chi connectivity index (χ0n) is 7.28. The van der Waals surface area contributed by atoms with Gasteiger partial charge in [0.15, 0.2) is 0 Å². The van der Waals surface area contributed by atoms with Gasteiger partial charge in [-0.2, -0.15) is 4.98 Å². The highest BCUT2D eigenvalue weighted by Crippen LogP contribution is 2.15. The number of hydrogen-bond donors (Lipinski definition) is 0. The summed E-state index contributed by atoms with van der Waals surface area (Å²) in [5.41, 5.74) is 0. The van der Waals surface area contributed by atoms with Gasteiger partial charge in [-0.05, 0) is 30.9 Å². The van der Waals surface area contributed by atoms with Gasteiger partial charge in [0.25, 0.3) is 0 Å². The molecule has 0 N–H and O–H groups in total. The number of rotatable bonds is 1. The third-order valence-corrected chi connectivity index (χ3v) is 2.35. The normalized spacial score (nSPS) is 17.5. The highest BCUT2D eigenvalue weighted by Gasteiger charge is 2.13. The van der Waals surface area contributed by atoms with E-state index in [9.17, 15) is 0 Å². The van der Waals surface area contributed by atoms with Gasteiger partial charge in [-0.3, -0.25) is 0 Å². The van der Waals surface area contributed by atoms with Crippen LogP contribution in [-0.2, 0) is 0 Å². The predicted octanol–water partition coefficient (Wildman–Crippen LogP) is 1.52. The van der Waals surface area contributed by atoms with Crippen LogP contribution in [0.25, 0.3) is 0 Å². The molecule has 5 heteroatoms. The van der Waals surface area contributed by atoms with Gasteiger partial charge in [0, 0.05) is 13.1 Å². The summed E-state index contributed by atoms with van der Waals surface area (Å²) in [5, 5.41) is 0.274. The fourth-order valence-corrected chi connectivity index (χ4v) is 1.63. The minimum absolute atomic E-state index is 0.274. The molecule has 0 radical (unpaired) electrons. The minimum Gasteiger partial charge on any atom is -0.341 e. The molecule has 4 nitrogen and oxygen atoms in total. The van der Waals surface area contributed by atoms with Gasteiger partial charge in [-0.1, -0.05) is 0 Å². The van der Waals surface area contributed by atoms with Crippen LogP contribution < -0.4 is 4.90 Å². The molecule has 0 aliphatic carbocycles. The topological polar surface area (TPSA) is 41.9 Å². The second kappa shape index (κ2) is 3.87. The quantitative estimate of drug-likeness (QED) is 0.686. The van der Waals surface area contributed by atoms with E-state index in [-0.39, 0.29) is 5.28 Å². The van der Waals surface area contributed by atoms with E-state index in [0.29, 0.717) is 5.95 Å². The van der Waals surface area contributed by atoms with E-state index in [1.54, 1.807) is 0 Å². The summed E-state index contributed by atoms with van der Waals surface area (Å²) in [6.45, 7) is 2.06. The monoisotopic (exact) mass is 198 g/mol. The van der Waals surface area contributed by atoms with Crippen molar-refractivity contribution in [3.63, 3.8) is 0 Å². The molecule has 2 heterocycles. The maximum absolute atomic E-state index is 5.68. The molecule has 0 atom stereocenters. The molecule has 0 spiro atoms. The van der Waals surface area contributed by atoms with Crippen LogP contribution in [0.1, 0.15) is 19.3 Å². The number of nitrogens with zero attached hydrogens (tertiary/aromatic N) is 4. The van der Waals surface area contributed by atoms with Gasteiger partial charge in [-0.25, -0.2) is 9.97 Å². The molecule has 13 heavy (non-hydrogen) atoms. The molecule has 2 rings (SSSR count). The van der Waals surface area contributed by atoms with E-state index >= 15 is 0 Å². The zero-order chi connectivity index (χ0) is 9.10. The van der Waals surface area contributed by atoms with Crippen molar-refractivity contribution in [2.75, 3.05) is 18.0 Å². The second-order valence-corrected chi connectivity index (χ2v) is 3.44. The van der Waals surface area contributed by atoms with E-state index in [1.807, 2.05) is 0 Å². The predicted molar refractivity (Wildman–Crippen MR) is 50.9 cm³/mol. The summed E-state index contributed by atoms with van der Waals surface area (Å²) < 4.78 is 0. The molecule has 0 saturated carbocycles. The van der Waals surface area contributed by atoms with Crippen molar-refractivity contribution in [2.45, 2.75) is 19.3 Å². The Morgan fingerprint density at radius 2 is 1.92 bits per heavy atom. The number of anilines is 1. The summed E-state index contributed by atoms with van der Waals surface area (Å²) in [5.74, 6) is 0.708. The third kappa shape index (κ3) is 2.06. The van der Waals surface area contributed by atoms with Crippen LogP contribution in [0.2, 0.25) is 5.28 Å². The van der Waals surface area contributed by atoms with Gasteiger partial charge in [0.05, 0.1) is 0 Å². The summed E-state index contributed by atoms with van der Waals surface area (Å²) >= 11 is 5.68. The van der Waals surface area contributed by atoms with Gasteiger partial charge >= 0.3 is 0 Å². The fourth-order valence-electron chi connectivity index (χ4n) is 1.51. The van der Waals surface area contributed by atoms with E-state index in [2.05, 4.69) is 19.9 Å². The van der Waals surface area contributed by atoms with Crippen LogP contribution in [0.5, 0.6) is 0 Å². The Bertz CT molecular complexity index is 285. The minimum atomic E-state index is 0.274. The molecule has 1 saturated heterocycles. The average molecular weight is 199 g/mol. The van der Waals surface area contributed by atoms with Crippen LogP contribution in [-0.4, -0.2) is 28.0 Å². The first-order valence-corrected chi connectivity index (χ1v) is 4.83. The second-order valence-electron chi connectivity index (χ2n) is 3.10. The van der Waals surface area contributed by atoms with Crippen LogP contribution in [0.4, 0.5) is 5.95 Å². The van der Waals surface area contributed by atoms with Crippen LogP contribution >= 0.6 is 11.6 Å². The van der Waals surface area contributed by atoms with Crippen LogP contribution in [0.15, 0.2) is 6.33 Å². The maximum atomic E-state index is 5.68. The maximum Gasteiger partial charge on any atom is 0.229 e. The van der Waals surface area contributed by atoms with E-state index < -0.39 is 0 Å². The SMILES string of the molecule is Clc1ncnc(N2CCCCC2)n1. The molecular formula is C8H11ClN4. The van der Waals surface area contributed by atoms with Gasteiger partial charge < -0.3 is 4.90 Å². The molecule has 0 amide bonds. The summed E-state index contributed by atoms with van der Waals surface area (Å²) in [4.78, 5) is 14.0.